The maximum atomic E-state index is 12.9. The fraction of sp³-hybridized carbons (Fsp3) is 0.375. The van der Waals surface area contributed by atoms with Crippen molar-refractivity contribution >= 4 is 22.3 Å². The van der Waals surface area contributed by atoms with Gasteiger partial charge in [-0.3, -0.25) is 4.79 Å². The fourth-order valence-electron chi connectivity index (χ4n) is 6.10. The number of pyridine rings is 2. The van der Waals surface area contributed by atoms with E-state index in [1.165, 1.54) is 57.4 Å². The maximum Gasteiger partial charge on any atom is 0.259 e. The number of ether oxygens (including phenoxy) is 1. The SMILES string of the molecule is COc1ccc(-c2c[nH]c(=O)c3c(Nc4ccc(CCN5CCC(N6CCCC6)CC5)cc4)nccc23)cc1. The number of H-pyrrole nitrogens is 1. The van der Waals surface area contributed by atoms with Crippen LogP contribution in [-0.4, -0.2) is 65.6 Å². The van der Waals surface area contributed by atoms with E-state index in [1.807, 2.05) is 30.3 Å². The lowest BCUT2D eigenvalue weighted by atomic mass is 10.0. The molecule has 2 saturated heterocycles. The number of benzene rings is 2. The number of methoxy groups -OCH3 is 1. The molecule has 7 heteroatoms. The first-order valence-corrected chi connectivity index (χ1v) is 14.1. The van der Waals surface area contributed by atoms with Gasteiger partial charge in [0, 0.05) is 41.6 Å². The molecular formula is C32H37N5O2. The quantitative estimate of drug-likeness (QED) is 0.320. The monoisotopic (exact) mass is 523 g/mol. The van der Waals surface area contributed by atoms with Crippen molar-refractivity contribution in [3.63, 3.8) is 0 Å². The molecule has 0 spiro atoms. The van der Waals surface area contributed by atoms with Crippen LogP contribution in [0.3, 0.4) is 0 Å². The number of likely N-dealkylation sites (tertiary alicyclic amines) is 2. The summed E-state index contributed by atoms with van der Waals surface area (Å²) in [5.74, 6) is 1.35. The van der Waals surface area contributed by atoms with Crippen LogP contribution in [-0.2, 0) is 6.42 Å². The topological polar surface area (TPSA) is 73.5 Å². The molecule has 2 aliphatic rings. The molecule has 0 bridgehead atoms. The molecule has 2 aromatic heterocycles. The number of hydrogen-bond donors (Lipinski definition) is 2. The highest BCUT2D eigenvalue weighted by molar-refractivity contribution is 6.01. The van der Waals surface area contributed by atoms with Crippen LogP contribution in [0.1, 0.15) is 31.2 Å². The Morgan fingerprint density at radius 2 is 1.72 bits per heavy atom. The van der Waals surface area contributed by atoms with Crippen molar-refractivity contribution in [3.05, 3.63) is 82.9 Å². The van der Waals surface area contributed by atoms with E-state index in [-0.39, 0.29) is 5.56 Å². The molecule has 7 nitrogen and oxygen atoms in total. The van der Waals surface area contributed by atoms with Crippen molar-refractivity contribution in [1.29, 1.82) is 0 Å². The Bertz CT molecular complexity index is 1450. The smallest absolute Gasteiger partial charge is 0.259 e. The van der Waals surface area contributed by atoms with Crippen LogP contribution in [0.15, 0.2) is 71.8 Å². The van der Waals surface area contributed by atoms with Gasteiger partial charge in [0.05, 0.1) is 12.5 Å². The van der Waals surface area contributed by atoms with Gasteiger partial charge in [0.1, 0.15) is 11.6 Å². The number of rotatable bonds is 8. The predicted octanol–water partition coefficient (Wildman–Crippen LogP) is 5.45. The first-order valence-electron chi connectivity index (χ1n) is 14.1. The van der Waals surface area contributed by atoms with Crippen LogP contribution < -0.4 is 15.6 Å². The van der Waals surface area contributed by atoms with Crippen molar-refractivity contribution in [3.8, 4) is 16.9 Å². The van der Waals surface area contributed by atoms with Crippen LogP contribution in [0.2, 0.25) is 0 Å². The number of anilines is 2. The molecule has 0 aliphatic carbocycles. The van der Waals surface area contributed by atoms with Crippen LogP contribution >= 0.6 is 0 Å². The van der Waals surface area contributed by atoms with Crippen molar-refractivity contribution in [2.24, 2.45) is 0 Å². The summed E-state index contributed by atoms with van der Waals surface area (Å²) in [6.07, 6.45) is 9.93. The normalized spacial score (nSPS) is 17.1. The Hall–Kier alpha value is -3.68. The molecule has 39 heavy (non-hydrogen) atoms. The predicted molar refractivity (Wildman–Crippen MR) is 158 cm³/mol. The minimum Gasteiger partial charge on any atom is -0.497 e. The van der Waals surface area contributed by atoms with E-state index in [0.717, 1.165) is 47.0 Å². The molecule has 2 N–H and O–H groups in total. The van der Waals surface area contributed by atoms with Gasteiger partial charge in [0.15, 0.2) is 0 Å². The summed E-state index contributed by atoms with van der Waals surface area (Å²) in [5.41, 5.74) is 4.02. The molecule has 0 radical (unpaired) electrons. The highest BCUT2D eigenvalue weighted by Crippen LogP contribution is 2.31. The molecule has 2 aromatic carbocycles. The molecule has 0 amide bonds. The van der Waals surface area contributed by atoms with Gasteiger partial charge in [-0.1, -0.05) is 24.3 Å². The molecule has 4 heterocycles. The van der Waals surface area contributed by atoms with Crippen LogP contribution in [0, 0.1) is 0 Å². The second-order valence-electron chi connectivity index (χ2n) is 10.7. The van der Waals surface area contributed by atoms with Crippen LogP contribution in [0.5, 0.6) is 5.75 Å². The van der Waals surface area contributed by atoms with Gasteiger partial charge < -0.3 is 24.8 Å². The average Bonchev–Trinajstić information content (AvgIpc) is 3.53. The fourth-order valence-corrected chi connectivity index (χ4v) is 6.10. The van der Waals surface area contributed by atoms with E-state index < -0.39 is 0 Å². The highest BCUT2D eigenvalue weighted by Gasteiger charge is 2.26. The first kappa shape index (κ1) is 25.6. The molecule has 2 fully saturated rings. The third kappa shape index (κ3) is 5.70. The molecule has 4 aromatic rings. The molecule has 0 unspecified atom stereocenters. The van der Waals surface area contributed by atoms with Gasteiger partial charge in [0.25, 0.3) is 5.56 Å². The summed E-state index contributed by atoms with van der Waals surface area (Å²) >= 11 is 0. The van der Waals surface area contributed by atoms with Gasteiger partial charge in [0.2, 0.25) is 0 Å². The van der Waals surface area contributed by atoms with Gasteiger partial charge in [-0.05, 0) is 99.7 Å². The van der Waals surface area contributed by atoms with Crippen molar-refractivity contribution < 1.29 is 4.74 Å². The Morgan fingerprint density at radius 1 is 0.974 bits per heavy atom. The number of hydrogen-bond acceptors (Lipinski definition) is 6. The van der Waals surface area contributed by atoms with E-state index in [9.17, 15) is 4.79 Å². The zero-order valence-electron chi connectivity index (χ0n) is 22.7. The summed E-state index contributed by atoms with van der Waals surface area (Å²) in [6, 6.07) is 19.0. The summed E-state index contributed by atoms with van der Waals surface area (Å²) in [5, 5.41) is 4.78. The number of aromatic nitrogens is 2. The highest BCUT2D eigenvalue weighted by atomic mass is 16.5. The number of aromatic amines is 1. The van der Waals surface area contributed by atoms with E-state index in [1.54, 1.807) is 19.5 Å². The first-order chi connectivity index (χ1) is 19.2. The summed E-state index contributed by atoms with van der Waals surface area (Å²) in [7, 11) is 1.65. The maximum absolute atomic E-state index is 12.9. The Morgan fingerprint density at radius 3 is 2.44 bits per heavy atom. The number of fused-ring (bicyclic) bond motifs is 1. The second-order valence-corrected chi connectivity index (χ2v) is 10.7. The number of piperidine rings is 1. The van der Waals surface area contributed by atoms with Crippen molar-refractivity contribution in [2.45, 2.75) is 38.1 Å². The molecule has 0 atom stereocenters. The molecule has 6 rings (SSSR count). The van der Waals surface area contributed by atoms with E-state index >= 15 is 0 Å². The lowest BCUT2D eigenvalue weighted by Crippen LogP contribution is -2.44. The van der Waals surface area contributed by atoms with Crippen LogP contribution in [0.25, 0.3) is 21.9 Å². The van der Waals surface area contributed by atoms with Gasteiger partial charge in [-0.15, -0.1) is 0 Å². The standard InChI is InChI=1S/C32H37N5O2/c1-39-27-10-6-24(7-11-27)29-22-34-32(38)30-28(29)12-16-33-31(30)35-25-8-4-23(5-9-25)13-19-36-20-14-26(15-21-36)37-17-2-3-18-37/h4-12,16,22,26H,2-3,13-15,17-21H2,1H3,(H,33,35)(H,34,38). The Kier molecular flexibility index (Phi) is 7.61. The summed E-state index contributed by atoms with van der Waals surface area (Å²) < 4.78 is 5.29. The third-order valence-corrected chi connectivity index (χ3v) is 8.36. The molecular weight excluding hydrogens is 486 g/mol. The Labute approximate surface area is 229 Å². The third-order valence-electron chi connectivity index (χ3n) is 8.36. The Balaban J connectivity index is 1.12. The van der Waals surface area contributed by atoms with E-state index in [2.05, 4.69) is 49.4 Å². The number of nitrogens with one attached hydrogen (secondary N) is 2. The van der Waals surface area contributed by atoms with Gasteiger partial charge >= 0.3 is 0 Å². The zero-order valence-corrected chi connectivity index (χ0v) is 22.7. The average molecular weight is 524 g/mol. The zero-order chi connectivity index (χ0) is 26.6. The molecule has 0 saturated carbocycles. The van der Waals surface area contributed by atoms with E-state index in [4.69, 9.17) is 4.74 Å². The van der Waals surface area contributed by atoms with Gasteiger partial charge in [-0.2, -0.15) is 0 Å². The molecule has 202 valence electrons. The lowest BCUT2D eigenvalue weighted by Gasteiger charge is -2.36. The largest absolute Gasteiger partial charge is 0.497 e. The summed E-state index contributed by atoms with van der Waals surface area (Å²) in [6.45, 7) is 6.13. The van der Waals surface area contributed by atoms with Crippen LogP contribution in [0.4, 0.5) is 11.5 Å². The van der Waals surface area contributed by atoms with Crippen molar-refractivity contribution in [2.75, 3.05) is 45.2 Å². The minimum atomic E-state index is -0.164. The second kappa shape index (κ2) is 11.6. The number of nitrogens with zero attached hydrogens (tertiary/aromatic N) is 3. The lowest BCUT2D eigenvalue weighted by molar-refractivity contribution is 0.128. The van der Waals surface area contributed by atoms with Crippen molar-refractivity contribution in [1.82, 2.24) is 19.8 Å². The minimum absolute atomic E-state index is 0.164. The van der Waals surface area contributed by atoms with E-state index in [0.29, 0.717) is 11.2 Å². The molecule has 2 aliphatic heterocycles. The summed E-state index contributed by atoms with van der Waals surface area (Å²) in [4.78, 5) is 25.6. The van der Waals surface area contributed by atoms with Gasteiger partial charge in [-0.25, -0.2) is 4.98 Å².